The molecule has 4 aromatic rings. The number of benzene rings is 3. The molecule has 1 aliphatic carbocycles. The quantitative estimate of drug-likeness (QED) is 0.351. The zero-order valence-electron chi connectivity index (χ0n) is 18.8. The molecular formula is C28H25N3O2S. The van der Waals surface area contributed by atoms with Crippen LogP contribution in [0.5, 0.6) is 0 Å². The van der Waals surface area contributed by atoms with Crippen LogP contribution < -0.4 is 11.1 Å². The molecule has 1 aromatic heterocycles. The summed E-state index contributed by atoms with van der Waals surface area (Å²) in [7, 11) is 0. The number of aromatic nitrogens is 1. The molecule has 0 fully saturated rings. The van der Waals surface area contributed by atoms with Gasteiger partial charge in [-0.1, -0.05) is 84.9 Å². The molecular weight excluding hydrogens is 442 g/mol. The monoisotopic (exact) mass is 467 g/mol. The number of fused-ring (bicyclic) bond motifs is 3. The van der Waals surface area contributed by atoms with Crippen LogP contribution in [0.3, 0.4) is 0 Å². The van der Waals surface area contributed by atoms with Crippen molar-refractivity contribution in [3.05, 3.63) is 100 Å². The van der Waals surface area contributed by atoms with Gasteiger partial charge in [0.15, 0.2) is 5.13 Å². The largest absolute Gasteiger partial charge is 0.449 e. The maximum atomic E-state index is 12.3. The van der Waals surface area contributed by atoms with Gasteiger partial charge in [0.1, 0.15) is 6.61 Å². The van der Waals surface area contributed by atoms with Crippen LogP contribution in [-0.2, 0) is 4.74 Å². The van der Waals surface area contributed by atoms with Crippen molar-refractivity contribution in [1.82, 2.24) is 10.3 Å². The highest BCUT2D eigenvalue weighted by Crippen LogP contribution is 2.44. The van der Waals surface area contributed by atoms with Crippen LogP contribution in [0.25, 0.3) is 28.5 Å². The molecule has 170 valence electrons. The van der Waals surface area contributed by atoms with Gasteiger partial charge >= 0.3 is 6.09 Å². The molecule has 34 heavy (non-hydrogen) atoms. The van der Waals surface area contributed by atoms with E-state index in [2.05, 4.69) is 34.6 Å². The van der Waals surface area contributed by atoms with E-state index in [9.17, 15) is 4.79 Å². The first-order valence-electron chi connectivity index (χ1n) is 11.2. The lowest BCUT2D eigenvalue weighted by Gasteiger charge is -2.14. The molecule has 6 heteroatoms. The Labute approximate surface area is 202 Å². The molecule has 0 spiro atoms. The van der Waals surface area contributed by atoms with Gasteiger partial charge in [-0.25, -0.2) is 9.78 Å². The van der Waals surface area contributed by atoms with Crippen molar-refractivity contribution in [3.63, 3.8) is 0 Å². The predicted octanol–water partition coefficient (Wildman–Crippen LogP) is 6.25. The van der Waals surface area contributed by atoms with Crippen molar-refractivity contribution >= 4 is 28.6 Å². The third-order valence-electron chi connectivity index (χ3n) is 6.02. The fraction of sp³-hybridized carbons (Fsp3) is 0.143. The number of rotatable bonds is 6. The van der Waals surface area contributed by atoms with Crippen LogP contribution in [0.1, 0.15) is 27.5 Å². The van der Waals surface area contributed by atoms with Crippen LogP contribution in [0.2, 0.25) is 0 Å². The average Bonchev–Trinajstić information content (AvgIpc) is 3.37. The van der Waals surface area contributed by atoms with E-state index in [1.165, 1.54) is 33.6 Å². The summed E-state index contributed by atoms with van der Waals surface area (Å²) >= 11 is 1.49. The van der Waals surface area contributed by atoms with Crippen molar-refractivity contribution in [2.75, 3.05) is 18.9 Å². The number of hydrogen-bond acceptors (Lipinski definition) is 5. The van der Waals surface area contributed by atoms with E-state index < -0.39 is 6.09 Å². The Morgan fingerprint density at radius 3 is 2.29 bits per heavy atom. The number of thiazole rings is 1. The average molecular weight is 468 g/mol. The number of hydrogen-bond donors (Lipinski definition) is 2. The molecule has 0 saturated heterocycles. The predicted molar refractivity (Wildman–Crippen MR) is 139 cm³/mol. The van der Waals surface area contributed by atoms with E-state index >= 15 is 0 Å². The van der Waals surface area contributed by atoms with Gasteiger partial charge in [-0.2, -0.15) is 0 Å². The molecule has 5 nitrogen and oxygen atoms in total. The van der Waals surface area contributed by atoms with Crippen molar-refractivity contribution in [1.29, 1.82) is 0 Å². The molecule has 0 radical (unpaired) electrons. The summed E-state index contributed by atoms with van der Waals surface area (Å²) in [5.41, 5.74) is 13.7. The van der Waals surface area contributed by atoms with Gasteiger partial charge in [-0.05, 0) is 34.7 Å². The summed E-state index contributed by atoms with van der Waals surface area (Å²) in [6.45, 7) is 2.72. The van der Waals surface area contributed by atoms with Crippen LogP contribution >= 0.6 is 11.3 Å². The summed E-state index contributed by atoms with van der Waals surface area (Å²) in [6, 6.07) is 24.7. The van der Waals surface area contributed by atoms with Crippen molar-refractivity contribution in [2.24, 2.45) is 0 Å². The fourth-order valence-electron chi connectivity index (χ4n) is 4.42. The third-order valence-corrected chi connectivity index (χ3v) is 6.82. The Balaban J connectivity index is 1.14. The van der Waals surface area contributed by atoms with Crippen molar-refractivity contribution in [2.45, 2.75) is 12.8 Å². The van der Waals surface area contributed by atoms with Crippen LogP contribution in [-0.4, -0.2) is 24.2 Å². The Bertz CT molecular complexity index is 1310. The van der Waals surface area contributed by atoms with Crippen molar-refractivity contribution < 1.29 is 9.53 Å². The summed E-state index contributed by atoms with van der Waals surface area (Å²) in [4.78, 5) is 17.8. The standard InChI is InChI=1S/C28H25N3O2S/c1-18-26(31-27(29)34-18)20-14-12-19(13-15-20)7-6-16-30-28(32)33-17-25-23-10-4-2-8-21(23)22-9-3-5-11-24(22)25/h2-15,25H,16-17H2,1H3,(H2,29,31)(H,30,32). The lowest BCUT2D eigenvalue weighted by atomic mass is 9.98. The number of aryl methyl sites for hydroxylation is 1. The summed E-state index contributed by atoms with van der Waals surface area (Å²) < 4.78 is 5.57. The molecule has 3 aromatic carbocycles. The first-order valence-corrected chi connectivity index (χ1v) is 12.0. The molecule has 5 rings (SSSR count). The number of nitrogens with one attached hydrogen (secondary N) is 1. The SMILES string of the molecule is Cc1sc(N)nc1-c1ccc(C=CCNC(=O)OCC2c3ccccc3-c3ccccc32)cc1. The van der Waals surface area contributed by atoms with Crippen molar-refractivity contribution in [3.8, 4) is 22.4 Å². The van der Waals surface area contributed by atoms with E-state index in [4.69, 9.17) is 10.5 Å². The minimum Gasteiger partial charge on any atom is -0.449 e. The van der Waals surface area contributed by atoms with Gasteiger partial charge in [-0.15, -0.1) is 11.3 Å². The zero-order chi connectivity index (χ0) is 23.5. The third kappa shape index (κ3) is 4.45. The molecule has 1 aliphatic rings. The zero-order valence-corrected chi connectivity index (χ0v) is 19.6. The number of nitrogens with zero attached hydrogens (tertiary/aromatic N) is 1. The van der Waals surface area contributed by atoms with E-state index in [0.29, 0.717) is 18.3 Å². The highest BCUT2D eigenvalue weighted by molar-refractivity contribution is 7.15. The summed E-state index contributed by atoms with van der Waals surface area (Å²) in [5.74, 6) is 0.0592. The Morgan fingerprint density at radius 1 is 1.03 bits per heavy atom. The van der Waals surface area contributed by atoms with Gasteiger partial charge in [0, 0.05) is 22.9 Å². The van der Waals surface area contributed by atoms with Gasteiger partial charge < -0.3 is 15.8 Å². The molecule has 0 unspecified atom stereocenters. The van der Waals surface area contributed by atoms with E-state index in [0.717, 1.165) is 21.7 Å². The molecule has 1 heterocycles. The number of nitrogens with two attached hydrogens (primary N) is 1. The highest BCUT2D eigenvalue weighted by atomic mass is 32.1. The summed E-state index contributed by atoms with van der Waals surface area (Å²) in [5, 5.41) is 3.38. The maximum Gasteiger partial charge on any atom is 0.407 e. The van der Waals surface area contributed by atoms with E-state index in [1.807, 2.05) is 67.6 Å². The number of carbonyl (C=O) groups excluding carboxylic acids is 1. The Morgan fingerprint density at radius 2 is 1.68 bits per heavy atom. The molecule has 0 aliphatic heterocycles. The van der Waals surface area contributed by atoms with Gasteiger partial charge in [0.05, 0.1) is 5.69 Å². The first-order chi connectivity index (χ1) is 16.6. The molecule has 3 N–H and O–H groups in total. The number of carbonyl (C=O) groups is 1. The van der Waals surface area contributed by atoms with Crippen LogP contribution in [0.15, 0.2) is 78.9 Å². The number of ether oxygens (including phenoxy) is 1. The van der Waals surface area contributed by atoms with Gasteiger partial charge in [0.2, 0.25) is 0 Å². The second-order valence-corrected chi connectivity index (χ2v) is 9.42. The molecule has 0 bridgehead atoms. The number of alkyl carbamates (subject to hydrolysis) is 1. The normalized spacial score (nSPS) is 12.5. The van der Waals surface area contributed by atoms with Crippen LogP contribution in [0.4, 0.5) is 9.93 Å². The van der Waals surface area contributed by atoms with Gasteiger partial charge in [0.25, 0.3) is 0 Å². The lowest BCUT2D eigenvalue weighted by molar-refractivity contribution is 0.144. The van der Waals surface area contributed by atoms with Gasteiger partial charge in [-0.3, -0.25) is 0 Å². The van der Waals surface area contributed by atoms with E-state index in [-0.39, 0.29) is 5.92 Å². The second kappa shape index (κ2) is 9.53. The lowest BCUT2D eigenvalue weighted by Crippen LogP contribution is -2.26. The minimum atomic E-state index is -0.418. The fourth-order valence-corrected chi connectivity index (χ4v) is 5.13. The molecule has 1 amide bonds. The highest BCUT2D eigenvalue weighted by Gasteiger charge is 2.28. The number of amides is 1. The Kier molecular flexibility index (Phi) is 6.14. The smallest absolute Gasteiger partial charge is 0.407 e. The minimum absolute atomic E-state index is 0.0592. The first kappa shape index (κ1) is 21.9. The van der Waals surface area contributed by atoms with Crippen LogP contribution in [0, 0.1) is 6.92 Å². The topological polar surface area (TPSA) is 77.2 Å². The number of anilines is 1. The second-order valence-electron chi connectivity index (χ2n) is 8.19. The Hall–Kier alpha value is -3.90. The maximum absolute atomic E-state index is 12.3. The summed E-state index contributed by atoms with van der Waals surface area (Å²) in [6.07, 6.45) is 3.46. The van der Waals surface area contributed by atoms with E-state index in [1.54, 1.807) is 0 Å². The number of nitrogen functional groups attached to an aromatic ring is 1. The molecule has 0 saturated carbocycles. The molecule has 0 atom stereocenters.